The summed E-state index contributed by atoms with van der Waals surface area (Å²) in [6, 6.07) is 7.92. The van der Waals surface area contributed by atoms with Crippen molar-refractivity contribution in [3.8, 4) is 0 Å². The summed E-state index contributed by atoms with van der Waals surface area (Å²) in [7, 11) is 1.85. The molecule has 1 unspecified atom stereocenters. The van der Waals surface area contributed by atoms with Crippen LogP contribution in [0.2, 0.25) is 0 Å². The lowest BCUT2D eigenvalue weighted by molar-refractivity contribution is 0.0724. The lowest BCUT2D eigenvalue weighted by Gasteiger charge is -2.25. The van der Waals surface area contributed by atoms with Crippen LogP contribution in [0.1, 0.15) is 37.7 Å². The van der Waals surface area contributed by atoms with Crippen LogP contribution in [0.25, 0.3) is 10.9 Å². The van der Waals surface area contributed by atoms with Gasteiger partial charge in [0.05, 0.1) is 5.52 Å². The topological polar surface area (TPSA) is 49.0 Å². The maximum absolute atomic E-state index is 12.5. The summed E-state index contributed by atoms with van der Waals surface area (Å²) >= 11 is 0. The molecule has 0 saturated carbocycles. The minimum absolute atomic E-state index is 0.0226. The normalized spacial score (nSPS) is 12.9. The van der Waals surface area contributed by atoms with Crippen molar-refractivity contribution in [1.82, 2.24) is 15.1 Å². The van der Waals surface area contributed by atoms with E-state index in [4.69, 9.17) is 0 Å². The first-order valence-corrected chi connectivity index (χ1v) is 6.71. The average Bonchev–Trinajstić information content (AvgIpc) is 2.80. The summed E-state index contributed by atoms with van der Waals surface area (Å²) in [6.45, 7) is 6.41. The molecule has 1 atom stereocenters. The van der Waals surface area contributed by atoms with E-state index in [0.29, 0.717) is 11.6 Å². The maximum atomic E-state index is 12.5. The summed E-state index contributed by atoms with van der Waals surface area (Å²) < 4.78 is 0. The monoisotopic (exact) mass is 259 g/mol. The van der Waals surface area contributed by atoms with Gasteiger partial charge in [-0.1, -0.05) is 32.0 Å². The van der Waals surface area contributed by atoms with Crippen LogP contribution in [0.3, 0.4) is 0 Å². The Kier molecular flexibility index (Phi) is 3.88. The molecule has 1 heterocycles. The van der Waals surface area contributed by atoms with Crippen LogP contribution in [-0.4, -0.2) is 34.1 Å². The number of fused-ring (bicyclic) bond motifs is 1. The zero-order chi connectivity index (χ0) is 14.0. The molecule has 0 spiro atoms. The Morgan fingerprint density at radius 3 is 2.68 bits per heavy atom. The Morgan fingerprint density at radius 2 is 2.00 bits per heavy atom. The fraction of sp³-hybridized carbons (Fsp3) is 0.467. The Labute approximate surface area is 113 Å². The first-order valence-electron chi connectivity index (χ1n) is 6.71. The fourth-order valence-electron chi connectivity index (χ4n) is 2.33. The Bertz CT molecular complexity index is 574. The third-order valence-electron chi connectivity index (χ3n) is 3.47. The van der Waals surface area contributed by atoms with Crippen LogP contribution in [0, 0.1) is 5.92 Å². The summed E-state index contributed by atoms with van der Waals surface area (Å²) in [5.74, 6) is 0.548. The molecule has 2 aromatic rings. The molecule has 0 fully saturated rings. The van der Waals surface area contributed by atoms with Crippen molar-refractivity contribution >= 4 is 16.8 Å². The van der Waals surface area contributed by atoms with Gasteiger partial charge in [0, 0.05) is 18.5 Å². The number of para-hydroxylation sites is 1. The second kappa shape index (κ2) is 5.43. The first-order chi connectivity index (χ1) is 9.00. The summed E-state index contributed by atoms with van der Waals surface area (Å²) in [6.07, 6.45) is 0.991. The van der Waals surface area contributed by atoms with E-state index in [1.807, 2.05) is 31.3 Å². The van der Waals surface area contributed by atoms with E-state index in [1.165, 1.54) is 0 Å². The van der Waals surface area contributed by atoms with Crippen molar-refractivity contribution in [3.05, 3.63) is 30.0 Å². The van der Waals surface area contributed by atoms with Gasteiger partial charge in [-0.05, 0) is 25.3 Å². The molecule has 0 aliphatic rings. The molecule has 1 aromatic heterocycles. The lowest BCUT2D eigenvalue weighted by Crippen LogP contribution is -2.36. The highest BCUT2D eigenvalue weighted by molar-refractivity contribution is 6.04. The number of carbonyl (C=O) groups is 1. The number of H-pyrrole nitrogens is 1. The van der Waals surface area contributed by atoms with Gasteiger partial charge in [0.2, 0.25) is 0 Å². The van der Waals surface area contributed by atoms with Gasteiger partial charge in [0.25, 0.3) is 5.91 Å². The zero-order valence-corrected chi connectivity index (χ0v) is 12.0. The predicted octanol–water partition coefficient (Wildman–Crippen LogP) is 3.07. The number of aromatic nitrogens is 2. The van der Waals surface area contributed by atoms with Gasteiger partial charge >= 0.3 is 0 Å². The molecular weight excluding hydrogens is 238 g/mol. The van der Waals surface area contributed by atoms with Crippen LogP contribution in [0.4, 0.5) is 0 Å². The highest BCUT2D eigenvalue weighted by atomic mass is 16.2. The minimum Gasteiger partial charge on any atom is -0.338 e. The molecule has 0 aliphatic heterocycles. The van der Waals surface area contributed by atoms with Gasteiger partial charge in [-0.15, -0.1) is 0 Å². The highest BCUT2D eigenvalue weighted by Gasteiger charge is 2.22. The molecule has 1 N–H and O–H groups in total. The molecule has 0 bridgehead atoms. The molecule has 0 aliphatic carbocycles. The van der Waals surface area contributed by atoms with E-state index in [2.05, 4.69) is 31.0 Å². The molecule has 102 valence electrons. The van der Waals surface area contributed by atoms with E-state index in [0.717, 1.165) is 17.3 Å². The number of hydrogen-bond donors (Lipinski definition) is 1. The predicted molar refractivity (Wildman–Crippen MR) is 77.1 cm³/mol. The van der Waals surface area contributed by atoms with Crippen molar-refractivity contribution < 1.29 is 4.79 Å². The Hall–Kier alpha value is -1.84. The van der Waals surface area contributed by atoms with Gasteiger partial charge < -0.3 is 4.90 Å². The van der Waals surface area contributed by atoms with E-state index < -0.39 is 0 Å². The van der Waals surface area contributed by atoms with E-state index in [9.17, 15) is 4.79 Å². The number of amides is 1. The number of benzene rings is 1. The van der Waals surface area contributed by atoms with E-state index >= 15 is 0 Å². The van der Waals surface area contributed by atoms with Crippen molar-refractivity contribution in [3.63, 3.8) is 0 Å². The van der Waals surface area contributed by atoms with Crippen LogP contribution in [0.5, 0.6) is 0 Å². The largest absolute Gasteiger partial charge is 0.338 e. The van der Waals surface area contributed by atoms with Crippen molar-refractivity contribution in [2.45, 2.75) is 33.2 Å². The van der Waals surface area contributed by atoms with Gasteiger partial charge in [0.15, 0.2) is 5.69 Å². The molecule has 1 amide bonds. The van der Waals surface area contributed by atoms with Crippen molar-refractivity contribution in [1.29, 1.82) is 0 Å². The number of nitrogens with zero attached hydrogens (tertiary/aromatic N) is 2. The standard InChI is InChI=1S/C15H21N3O/c1-10(2)9-11(3)18(4)15(19)14-12-7-5-6-8-13(12)16-17-14/h5-8,10-11H,9H2,1-4H3,(H,16,17). The third-order valence-corrected chi connectivity index (χ3v) is 3.47. The highest BCUT2D eigenvalue weighted by Crippen LogP contribution is 2.18. The fourth-order valence-corrected chi connectivity index (χ4v) is 2.33. The second-order valence-electron chi connectivity index (χ2n) is 5.51. The Morgan fingerprint density at radius 1 is 1.32 bits per heavy atom. The van der Waals surface area contributed by atoms with Gasteiger partial charge in [-0.2, -0.15) is 5.10 Å². The molecule has 4 nitrogen and oxygen atoms in total. The smallest absolute Gasteiger partial charge is 0.274 e. The first kappa shape index (κ1) is 13.6. The van der Waals surface area contributed by atoms with Crippen molar-refractivity contribution in [2.75, 3.05) is 7.05 Å². The van der Waals surface area contributed by atoms with Crippen LogP contribution in [-0.2, 0) is 0 Å². The SMILES string of the molecule is CC(C)CC(C)N(C)C(=O)c1n[nH]c2ccccc12. The summed E-state index contributed by atoms with van der Waals surface area (Å²) in [4.78, 5) is 14.3. The van der Waals surface area contributed by atoms with Gasteiger partial charge in [-0.25, -0.2) is 0 Å². The molecule has 4 heteroatoms. The number of nitrogens with one attached hydrogen (secondary N) is 1. The second-order valence-corrected chi connectivity index (χ2v) is 5.51. The molecule has 2 rings (SSSR count). The van der Waals surface area contributed by atoms with Crippen LogP contribution in [0.15, 0.2) is 24.3 Å². The van der Waals surface area contributed by atoms with Crippen LogP contribution >= 0.6 is 0 Å². The van der Waals surface area contributed by atoms with Gasteiger partial charge in [0.1, 0.15) is 0 Å². The Balaban J connectivity index is 2.24. The molecule has 1 aromatic carbocycles. The molecule has 0 radical (unpaired) electrons. The van der Waals surface area contributed by atoms with Crippen LogP contribution < -0.4 is 0 Å². The molecule has 19 heavy (non-hydrogen) atoms. The summed E-state index contributed by atoms with van der Waals surface area (Å²) in [5, 5.41) is 7.95. The molecule has 0 saturated heterocycles. The molecular formula is C15H21N3O. The number of hydrogen-bond acceptors (Lipinski definition) is 2. The quantitative estimate of drug-likeness (QED) is 0.917. The summed E-state index contributed by atoms with van der Waals surface area (Å²) in [5.41, 5.74) is 1.41. The number of rotatable bonds is 4. The third kappa shape index (κ3) is 2.78. The number of carbonyl (C=O) groups excluding carboxylic acids is 1. The van der Waals surface area contributed by atoms with E-state index in [1.54, 1.807) is 4.90 Å². The average molecular weight is 259 g/mol. The van der Waals surface area contributed by atoms with Gasteiger partial charge in [-0.3, -0.25) is 9.89 Å². The van der Waals surface area contributed by atoms with E-state index in [-0.39, 0.29) is 11.9 Å². The lowest BCUT2D eigenvalue weighted by atomic mass is 10.0. The zero-order valence-electron chi connectivity index (χ0n) is 12.0. The number of aromatic amines is 1. The maximum Gasteiger partial charge on any atom is 0.274 e. The minimum atomic E-state index is -0.0226. The van der Waals surface area contributed by atoms with Crippen molar-refractivity contribution in [2.24, 2.45) is 5.92 Å².